The van der Waals surface area contributed by atoms with Gasteiger partial charge < -0.3 is 5.32 Å². The van der Waals surface area contributed by atoms with Crippen LogP contribution < -0.4 is 5.32 Å². The number of alkyl halides is 3. The summed E-state index contributed by atoms with van der Waals surface area (Å²) in [6.45, 7) is 1.43. The SMILES string of the molecule is FC(F)(F)c1ccc(CNCCCc2ccccc2)cc1. The van der Waals surface area contributed by atoms with E-state index >= 15 is 0 Å². The quantitative estimate of drug-likeness (QED) is 0.777. The summed E-state index contributed by atoms with van der Waals surface area (Å²) in [5.74, 6) is 0. The van der Waals surface area contributed by atoms with Crippen molar-refractivity contribution in [1.82, 2.24) is 5.32 Å². The van der Waals surface area contributed by atoms with Crippen molar-refractivity contribution < 1.29 is 13.2 Å². The van der Waals surface area contributed by atoms with Gasteiger partial charge in [0.05, 0.1) is 5.56 Å². The van der Waals surface area contributed by atoms with Gasteiger partial charge in [0.15, 0.2) is 0 Å². The first-order valence-corrected chi connectivity index (χ1v) is 6.96. The summed E-state index contributed by atoms with van der Waals surface area (Å²) in [5, 5.41) is 3.25. The second kappa shape index (κ2) is 7.27. The molecule has 0 atom stereocenters. The fourth-order valence-corrected chi connectivity index (χ4v) is 2.11. The van der Waals surface area contributed by atoms with E-state index in [2.05, 4.69) is 17.4 Å². The molecule has 0 saturated carbocycles. The average molecular weight is 293 g/mol. The van der Waals surface area contributed by atoms with E-state index in [0.717, 1.165) is 37.1 Å². The van der Waals surface area contributed by atoms with Gasteiger partial charge in [-0.2, -0.15) is 13.2 Å². The molecule has 21 heavy (non-hydrogen) atoms. The normalized spacial score (nSPS) is 11.6. The van der Waals surface area contributed by atoms with Gasteiger partial charge in [0.2, 0.25) is 0 Å². The summed E-state index contributed by atoms with van der Waals surface area (Å²) in [6, 6.07) is 15.5. The third kappa shape index (κ3) is 5.23. The Morgan fingerprint density at radius 2 is 1.48 bits per heavy atom. The second-order valence-electron chi connectivity index (χ2n) is 4.96. The van der Waals surface area contributed by atoms with Crippen molar-refractivity contribution in [2.45, 2.75) is 25.6 Å². The number of hydrogen-bond donors (Lipinski definition) is 1. The first-order valence-electron chi connectivity index (χ1n) is 6.96. The fraction of sp³-hybridized carbons (Fsp3) is 0.294. The summed E-state index contributed by atoms with van der Waals surface area (Å²) < 4.78 is 37.3. The van der Waals surface area contributed by atoms with Crippen molar-refractivity contribution in [3.05, 3.63) is 71.3 Å². The molecule has 2 rings (SSSR count). The molecule has 0 fully saturated rings. The van der Waals surface area contributed by atoms with E-state index in [9.17, 15) is 13.2 Å². The molecular formula is C17H18F3N. The second-order valence-corrected chi connectivity index (χ2v) is 4.96. The third-order valence-corrected chi connectivity index (χ3v) is 3.27. The van der Waals surface area contributed by atoms with Crippen molar-refractivity contribution in [3.8, 4) is 0 Å². The molecule has 0 radical (unpaired) electrons. The maximum atomic E-state index is 12.4. The molecule has 2 aromatic carbocycles. The summed E-state index contributed by atoms with van der Waals surface area (Å²) in [7, 11) is 0. The van der Waals surface area contributed by atoms with Crippen LogP contribution in [-0.2, 0) is 19.1 Å². The summed E-state index contributed by atoms with van der Waals surface area (Å²) >= 11 is 0. The highest BCUT2D eigenvalue weighted by molar-refractivity contribution is 5.24. The van der Waals surface area contributed by atoms with Gasteiger partial charge in [0.25, 0.3) is 0 Å². The number of benzene rings is 2. The van der Waals surface area contributed by atoms with Crippen LogP contribution in [0.5, 0.6) is 0 Å². The Kier molecular flexibility index (Phi) is 5.39. The van der Waals surface area contributed by atoms with E-state index in [-0.39, 0.29) is 0 Å². The van der Waals surface area contributed by atoms with Gasteiger partial charge >= 0.3 is 6.18 Å². The van der Waals surface area contributed by atoms with Crippen molar-refractivity contribution in [3.63, 3.8) is 0 Å². The van der Waals surface area contributed by atoms with Gasteiger partial charge in [-0.25, -0.2) is 0 Å². The molecule has 0 aliphatic carbocycles. The minimum absolute atomic E-state index is 0.590. The molecule has 0 bridgehead atoms. The van der Waals surface area contributed by atoms with Crippen molar-refractivity contribution in [2.24, 2.45) is 0 Å². The lowest BCUT2D eigenvalue weighted by Crippen LogP contribution is -2.15. The molecule has 112 valence electrons. The molecule has 0 aliphatic heterocycles. The van der Waals surface area contributed by atoms with E-state index < -0.39 is 11.7 Å². The van der Waals surface area contributed by atoms with Gasteiger partial charge in [0, 0.05) is 6.54 Å². The lowest BCUT2D eigenvalue weighted by molar-refractivity contribution is -0.137. The molecule has 0 aromatic heterocycles. The van der Waals surface area contributed by atoms with Crippen LogP contribution in [0.4, 0.5) is 13.2 Å². The maximum Gasteiger partial charge on any atom is 0.416 e. The molecule has 2 aromatic rings. The number of aryl methyl sites for hydroxylation is 1. The van der Waals surface area contributed by atoms with E-state index in [1.165, 1.54) is 17.7 Å². The summed E-state index contributed by atoms with van der Waals surface area (Å²) in [5.41, 5.74) is 1.56. The highest BCUT2D eigenvalue weighted by Gasteiger charge is 2.29. The standard InChI is InChI=1S/C17H18F3N/c18-17(19,20)16-10-8-15(9-11-16)13-21-12-4-7-14-5-2-1-3-6-14/h1-3,5-6,8-11,21H,4,7,12-13H2. The third-order valence-electron chi connectivity index (χ3n) is 3.27. The highest BCUT2D eigenvalue weighted by Crippen LogP contribution is 2.28. The molecule has 0 unspecified atom stereocenters. The van der Waals surface area contributed by atoms with Crippen LogP contribution in [0.2, 0.25) is 0 Å². The molecule has 0 saturated heterocycles. The highest BCUT2D eigenvalue weighted by atomic mass is 19.4. The van der Waals surface area contributed by atoms with E-state index in [4.69, 9.17) is 0 Å². The van der Waals surface area contributed by atoms with E-state index in [1.807, 2.05) is 18.2 Å². The van der Waals surface area contributed by atoms with Crippen LogP contribution in [0.1, 0.15) is 23.1 Å². The Bertz CT molecular complexity index is 532. The Morgan fingerprint density at radius 3 is 2.10 bits per heavy atom. The van der Waals surface area contributed by atoms with Crippen LogP contribution in [0, 0.1) is 0 Å². The minimum atomic E-state index is -4.26. The molecule has 0 amide bonds. The predicted octanol–water partition coefficient (Wildman–Crippen LogP) is 4.43. The largest absolute Gasteiger partial charge is 0.416 e. The minimum Gasteiger partial charge on any atom is -0.313 e. The van der Waals surface area contributed by atoms with Gasteiger partial charge in [-0.1, -0.05) is 42.5 Å². The number of rotatable bonds is 6. The van der Waals surface area contributed by atoms with Crippen molar-refractivity contribution in [2.75, 3.05) is 6.54 Å². The predicted molar refractivity (Wildman–Crippen MR) is 77.9 cm³/mol. The van der Waals surface area contributed by atoms with Crippen LogP contribution >= 0.6 is 0 Å². The topological polar surface area (TPSA) is 12.0 Å². The Morgan fingerprint density at radius 1 is 0.810 bits per heavy atom. The van der Waals surface area contributed by atoms with Crippen molar-refractivity contribution in [1.29, 1.82) is 0 Å². The molecular weight excluding hydrogens is 275 g/mol. The number of halogens is 3. The molecule has 1 N–H and O–H groups in total. The monoisotopic (exact) mass is 293 g/mol. The average Bonchev–Trinajstić information content (AvgIpc) is 2.47. The smallest absolute Gasteiger partial charge is 0.313 e. The van der Waals surface area contributed by atoms with Crippen LogP contribution in [0.15, 0.2) is 54.6 Å². The van der Waals surface area contributed by atoms with Gasteiger partial charge in [-0.3, -0.25) is 0 Å². The van der Waals surface area contributed by atoms with Crippen LogP contribution in [0.3, 0.4) is 0 Å². The lowest BCUT2D eigenvalue weighted by atomic mass is 10.1. The van der Waals surface area contributed by atoms with E-state index in [0.29, 0.717) is 6.54 Å². The Hall–Kier alpha value is -1.81. The molecule has 0 aliphatic rings. The number of nitrogens with one attached hydrogen (secondary N) is 1. The molecule has 0 spiro atoms. The van der Waals surface area contributed by atoms with Crippen LogP contribution in [0.25, 0.3) is 0 Å². The van der Waals surface area contributed by atoms with Gasteiger partial charge in [0.1, 0.15) is 0 Å². The number of hydrogen-bond acceptors (Lipinski definition) is 1. The summed E-state index contributed by atoms with van der Waals surface area (Å²) in [4.78, 5) is 0. The molecule has 4 heteroatoms. The lowest BCUT2D eigenvalue weighted by Gasteiger charge is -2.08. The van der Waals surface area contributed by atoms with Crippen molar-refractivity contribution >= 4 is 0 Å². The maximum absolute atomic E-state index is 12.4. The van der Waals surface area contributed by atoms with Gasteiger partial charge in [-0.05, 0) is 42.6 Å². The Labute approximate surface area is 122 Å². The first-order chi connectivity index (χ1) is 10.1. The Balaban J connectivity index is 1.69. The first kappa shape index (κ1) is 15.6. The zero-order valence-electron chi connectivity index (χ0n) is 11.7. The fourth-order valence-electron chi connectivity index (χ4n) is 2.11. The van der Waals surface area contributed by atoms with E-state index in [1.54, 1.807) is 0 Å². The van der Waals surface area contributed by atoms with Crippen LogP contribution in [-0.4, -0.2) is 6.54 Å². The molecule has 0 heterocycles. The molecule has 1 nitrogen and oxygen atoms in total. The zero-order valence-corrected chi connectivity index (χ0v) is 11.7. The summed E-state index contributed by atoms with van der Waals surface area (Å²) in [6.07, 6.45) is -2.26. The van der Waals surface area contributed by atoms with Gasteiger partial charge in [-0.15, -0.1) is 0 Å². The zero-order chi connectivity index (χ0) is 15.1.